The Bertz CT molecular complexity index is 688. The topological polar surface area (TPSA) is 109 Å². The van der Waals surface area contributed by atoms with Gasteiger partial charge in [0.25, 0.3) is 5.91 Å². The minimum atomic E-state index is -0.514. The molecule has 0 aliphatic carbocycles. The predicted octanol–water partition coefficient (Wildman–Crippen LogP) is 1.45. The van der Waals surface area contributed by atoms with Gasteiger partial charge in [0.2, 0.25) is 0 Å². The summed E-state index contributed by atoms with van der Waals surface area (Å²) < 4.78 is 10.3. The highest BCUT2D eigenvalue weighted by molar-refractivity contribution is 6.04. The van der Waals surface area contributed by atoms with Crippen molar-refractivity contribution in [1.29, 1.82) is 5.26 Å². The summed E-state index contributed by atoms with van der Waals surface area (Å²) in [5.74, 6) is -0.916. The van der Waals surface area contributed by atoms with Crippen LogP contribution < -0.4 is 5.32 Å². The molecule has 0 bridgehead atoms. The number of urea groups is 1. The van der Waals surface area contributed by atoms with E-state index >= 15 is 0 Å². The van der Waals surface area contributed by atoms with Crippen LogP contribution in [0.5, 0.6) is 0 Å². The number of imide groups is 1. The third-order valence-corrected chi connectivity index (χ3v) is 3.97. The Morgan fingerprint density at radius 1 is 1.23 bits per heavy atom. The van der Waals surface area contributed by atoms with E-state index in [1.54, 1.807) is 6.92 Å². The standard InChI is InChI=1S/C18H21N3O5/c1-2-25-16(22)12-26-15-7-9-21(10-8-15)18(24)20-17(23)14-5-3-13(11-19)4-6-14/h3-6,15H,2,7-10,12H2,1H3,(H,20,23,24). The first-order chi connectivity index (χ1) is 12.5. The zero-order valence-corrected chi connectivity index (χ0v) is 14.6. The van der Waals surface area contributed by atoms with Crippen molar-refractivity contribution in [3.63, 3.8) is 0 Å². The Hall–Kier alpha value is -2.92. The first kappa shape index (κ1) is 19.4. The average molecular weight is 359 g/mol. The van der Waals surface area contributed by atoms with Gasteiger partial charge >= 0.3 is 12.0 Å². The van der Waals surface area contributed by atoms with E-state index in [2.05, 4.69) is 5.32 Å². The summed E-state index contributed by atoms with van der Waals surface area (Å²) in [6.45, 7) is 2.81. The van der Waals surface area contributed by atoms with E-state index in [9.17, 15) is 14.4 Å². The average Bonchev–Trinajstić information content (AvgIpc) is 2.67. The first-order valence-corrected chi connectivity index (χ1v) is 8.41. The molecule has 1 aliphatic rings. The number of carbonyl (C=O) groups excluding carboxylic acids is 3. The van der Waals surface area contributed by atoms with Gasteiger partial charge in [0.1, 0.15) is 6.61 Å². The summed E-state index contributed by atoms with van der Waals surface area (Å²) in [4.78, 5) is 37.1. The molecule has 1 N–H and O–H groups in total. The summed E-state index contributed by atoms with van der Waals surface area (Å²) in [6, 6.07) is 7.53. The Balaban J connectivity index is 1.76. The molecule has 8 nitrogen and oxygen atoms in total. The van der Waals surface area contributed by atoms with Crippen LogP contribution in [0.15, 0.2) is 24.3 Å². The van der Waals surface area contributed by atoms with Crippen molar-refractivity contribution in [2.45, 2.75) is 25.9 Å². The van der Waals surface area contributed by atoms with Crippen LogP contribution in [-0.2, 0) is 14.3 Å². The normalized spacial score (nSPS) is 14.4. The van der Waals surface area contributed by atoms with Crippen LogP contribution in [0.1, 0.15) is 35.7 Å². The van der Waals surface area contributed by atoms with Crippen LogP contribution >= 0.6 is 0 Å². The van der Waals surface area contributed by atoms with Crippen molar-refractivity contribution in [3.05, 3.63) is 35.4 Å². The highest BCUT2D eigenvalue weighted by atomic mass is 16.6. The second-order valence-electron chi connectivity index (χ2n) is 5.75. The van der Waals surface area contributed by atoms with Crippen molar-refractivity contribution in [2.24, 2.45) is 0 Å². The zero-order chi connectivity index (χ0) is 18.9. The summed E-state index contributed by atoms with van der Waals surface area (Å²) in [6.07, 6.45) is 1.05. The number of likely N-dealkylation sites (tertiary alicyclic amines) is 1. The van der Waals surface area contributed by atoms with Crippen LogP contribution in [0.4, 0.5) is 4.79 Å². The lowest BCUT2D eigenvalue weighted by molar-refractivity contribution is -0.151. The molecule has 0 atom stereocenters. The summed E-state index contributed by atoms with van der Waals surface area (Å²) in [5.41, 5.74) is 0.753. The summed E-state index contributed by atoms with van der Waals surface area (Å²) >= 11 is 0. The van der Waals surface area contributed by atoms with Crippen molar-refractivity contribution in [3.8, 4) is 6.07 Å². The largest absolute Gasteiger partial charge is 0.464 e. The molecule has 1 aromatic rings. The van der Waals surface area contributed by atoms with Gasteiger partial charge in [-0.3, -0.25) is 10.1 Å². The molecule has 26 heavy (non-hydrogen) atoms. The summed E-state index contributed by atoms with van der Waals surface area (Å²) in [7, 11) is 0. The van der Waals surface area contributed by atoms with Gasteiger partial charge in [-0.25, -0.2) is 9.59 Å². The van der Waals surface area contributed by atoms with E-state index in [0.717, 1.165) is 0 Å². The van der Waals surface area contributed by atoms with E-state index in [0.29, 0.717) is 43.7 Å². The molecule has 8 heteroatoms. The molecule has 138 valence electrons. The maximum atomic E-state index is 12.2. The molecule has 2 rings (SSSR count). The van der Waals surface area contributed by atoms with Crippen LogP contribution in [0.25, 0.3) is 0 Å². The number of hydrogen-bond donors (Lipinski definition) is 1. The zero-order valence-electron chi connectivity index (χ0n) is 14.6. The van der Waals surface area contributed by atoms with Crippen molar-refractivity contribution >= 4 is 17.9 Å². The molecular formula is C18H21N3O5. The lowest BCUT2D eigenvalue weighted by Gasteiger charge is -2.31. The van der Waals surface area contributed by atoms with Crippen molar-refractivity contribution in [1.82, 2.24) is 10.2 Å². The van der Waals surface area contributed by atoms with E-state index in [-0.39, 0.29) is 12.7 Å². The van der Waals surface area contributed by atoms with E-state index < -0.39 is 17.9 Å². The lowest BCUT2D eigenvalue weighted by Crippen LogP contribution is -2.47. The first-order valence-electron chi connectivity index (χ1n) is 8.41. The third kappa shape index (κ3) is 5.57. The molecule has 1 fully saturated rings. The van der Waals surface area contributed by atoms with Crippen LogP contribution in [-0.4, -0.2) is 55.2 Å². The number of amides is 3. The fraction of sp³-hybridized carbons (Fsp3) is 0.444. The molecule has 0 radical (unpaired) electrons. The second kappa shape index (κ2) is 9.53. The Morgan fingerprint density at radius 2 is 1.88 bits per heavy atom. The van der Waals surface area contributed by atoms with Crippen LogP contribution in [0.2, 0.25) is 0 Å². The third-order valence-electron chi connectivity index (χ3n) is 3.97. The lowest BCUT2D eigenvalue weighted by atomic mass is 10.1. The van der Waals surface area contributed by atoms with E-state index in [1.165, 1.54) is 29.2 Å². The number of benzene rings is 1. The van der Waals surface area contributed by atoms with Gasteiger partial charge in [0.15, 0.2) is 0 Å². The number of piperidine rings is 1. The Labute approximate surface area is 151 Å². The fourth-order valence-electron chi connectivity index (χ4n) is 2.56. The molecule has 0 aromatic heterocycles. The monoisotopic (exact) mass is 359 g/mol. The molecule has 1 heterocycles. The van der Waals surface area contributed by atoms with Gasteiger partial charge in [0.05, 0.1) is 24.3 Å². The summed E-state index contributed by atoms with van der Waals surface area (Å²) in [5, 5.41) is 11.1. The predicted molar refractivity (Wildman–Crippen MR) is 91.2 cm³/mol. The molecule has 0 unspecified atom stereocenters. The minimum Gasteiger partial charge on any atom is -0.464 e. The fourth-order valence-corrected chi connectivity index (χ4v) is 2.56. The van der Waals surface area contributed by atoms with E-state index in [4.69, 9.17) is 14.7 Å². The number of rotatable bonds is 5. The van der Waals surface area contributed by atoms with Gasteiger partial charge in [-0.1, -0.05) is 0 Å². The highest BCUT2D eigenvalue weighted by Gasteiger charge is 2.25. The van der Waals surface area contributed by atoms with E-state index in [1.807, 2.05) is 6.07 Å². The molecule has 3 amide bonds. The van der Waals surface area contributed by atoms with Crippen molar-refractivity contribution < 1.29 is 23.9 Å². The molecule has 0 spiro atoms. The van der Waals surface area contributed by atoms with Gasteiger partial charge in [-0.05, 0) is 44.0 Å². The Morgan fingerprint density at radius 3 is 2.46 bits per heavy atom. The van der Waals surface area contributed by atoms with Gasteiger partial charge in [-0.15, -0.1) is 0 Å². The maximum Gasteiger partial charge on any atom is 0.332 e. The minimum absolute atomic E-state index is 0.0954. The number of esters is 1. The molecule has 1 aliphatic heterocycles. The number of nitrogens with one attached hydrogen (secondary N) is 1. The van der Waals surface area contributed by atoms with Crippen LogP contribution in [0.3, 0.4) is 0 Å². The van der Waals surface area contributed by atoms with Crippen molar-refractivity contribution in [2.75, 3.05) is 26.3 Å². The number of hydrogen-bond acceptors (Lipinski definition) is 6. The van der Waals surface area contributed by atoms with Gasteiger partial charge < -0.3 is 14.4 Å². The SMILES string of the molecule is CCOC(=O)COC1CCN(C(=O)NC(=O)c2ccc(C#N)cc2)CC1. The second-order valence-corrected chi connectivity index (χ2v) is 5.75. The molecular weight excluding hydrogens is 338 g/mol. The van der Waals surface area contributed by atoms with Gasteiger partial charge in [-0.2, -0.15) is 5.26 Å². The molecule has 1 aromatic carbocycles. The van der Waals surface area contributed by atoms with Crippen LogP contribution in [0, 0.1) is 11.3 Å². The smallest absolute Gasteiger partial charge is 0.332 e. The Kier molecular flexibility index (Phi) is 7.12. The molecule has 0 saturated carbocycles. The van der Waals surface area contributed by atoms with Gasteiger partial charge in [0, 0.05) is 18.7 Å². The number of ether oxygens (including phenoxy) is 2. The molecule has 1 saturated heterocycles. The number of nitriles is 1. The quantitative estimate of drug-likeness (QED) is 0.797. The number of nitrogens with zero attached hydrogens (tertiary/aromatic N) is 2. The number of carbonyl (C=O) groups is 3. The maximum absolute atomic E-state index is 12.2. The highest BCUT2D eigenvalue weighted by Crippen LogP contribution is 2.14.